The Morgan fingerprint density at radius 1 is 1.50 bits per heavy atom. The van der Waals surface area contributed by atoms with Crippen molar-refractivity contribution in [2.75, 3.05) is 0 Å². The summed E-state index contributed by atoms with van der Waals surface area (Å²) in [5, 5.41) is 17.7. The fourth-order valence-electron chi connectivity index (χ4n) is 1.25. The maximum atomic E-state index is 9.75. The zero-order valence-electron chi connectivity index (χ0n) is 9.01. The molecule has 2 heterocycles. The van der Waals surface area contributed by atoms with Crippen molar-refractivity contribution in [3.05, 3.63) is 32.7 Å². The zero-order chi connectivity index (χ0) is 11.8. The topological polar surface area (TPSA) is 50.9 Å². The van der Waals surface area contributed by atoms with E-state index in [1.54, 1.807) is 36.1 Å². The summed E-state index contributed by atoms with van der Waals surface area (Å²) < 4.78 is 2.83. The number of aromatic nitrogens is 3. The van der Waals surface area contributed by atoms with Crippen LogP contribution in [0.15, 0.2) is 22.1 Å². The molecule has 0 aliphatic heterocycles. The smallest absolute Gasteiger partial charge is 0.114 e. The first kappa shape index (κ1) is 11.8. The molecule has 0 radical (unpaired) electrons. The van der Waals surface area contributed by atoms with Gasteiger partial charge in [-0.1, -0.05) is 5.21 Å². The number of halogens is 1. The van der Waals surface area contributed by atoms with Crippen LogP contribution in [0.25, 0.3) is 0 Å². The van der Waals surface area contributed by atoms with Crippen LogP contribution in [0.2, 0.25) is 0 Å². The molecule has 6 heteroatoms. The molecular formula is C10H12BrN3OS. The fourth-order valence-corrected chi connectivity index (χ4v) is 2.73. The van der Waals surface area contributed by atoms with Crippen molar-refractivity contribution in [2.24, 2.45) is 0 Å². The number of nitrogens with zero attached hydrogens (tertiary/aromatic N) is 3. The van der Waals surface area contributed by atoms with Gasteiger partial charge < -0.3 is 5.11 Å². The van der Waals surface area contributed by atoms with Crippen LogP contribution < -0.4 is 0 Å². The second-order valence-electron chi connectivity index (χ2n) is 4.07. The summed E-state index contributed by atoms with van der Waals surface area (Å²) >= 11 is 5.08. The van der Waals surface area contributed by atoms with Crippen LogP contribution in [-0.2, 0) is 12.1 Å². The number of rotatable bonds is 3. The predicted octanol–water partition coefficient (Wildman–Crippen LogP) is 2.38. The van der Waals surface area contributed by atoms with Crippen molar-refractivity contribution < 1.29 is 5.11 Å². The van der Waals surface area contributed by atoms with Gasteiger partial charge in [-0.25, -0.2) is 4.68 Å². The Bertz CT molecular complexity index is 486. The standard InChI is InChI=1S/C10H12BrN3OS/c1-10(2,15)8-6-14(13-12-8)5-7-3-4-9(11)16-7/h3-4,6,15H,5H2,1-2H3. The lowest BCUT2D eigenvalue weighted by molar-refractivity contribution is 0.0737. The molecule has 0 unspecified atom stereocenters. The van der Waals surface area contributed by atoms with Gasteiger partial charge in [0.15, 0.2) is 0 Å². The van der Waals surface area contributed by atoms with Crippen LogP contribution in [0.5, 0.6) is 0 Å². The first-order valence-electron chi connectivity index (χ1n) is 4.82. The van der Waals surface area contributed by atoms with E-state index in [-0.39, 0.29) is 0 Å². The Morgan fingerprint density at radius 3 is 2.75 bits per heavy atom. The maximum Gasteiger partial charge on any atom is 0.114 e. The van der Waals surface area contributed by atoms with Crippen molar-refractivity contribution in [2.45, 2.75) is 26.0 Å². The van der Waals surface area contributed by atoms with Gasteiger partial charge in [-0.15, -0.1) is 16.4 Å². The molecule has 86 valence electrons. The maximum absolute atomic E-state index is 9.75. The van der Waals surface area contributed by atoms with Gasteiger partial charge in [0.2, 0.25) is 0 Å². The summed E-state index contributed by atoms with van der Waals surface area (Å²) in [4.78, 5) is 1.19. The van der Waals surface area contributed by atoms with Crippen molar-refractivity contribution in [1.29, 1.82) is 0 Å². The van der Waals surface area contributed by atoms with Gasteiger partial charge in [-0.3, -0.25) is 0 Å². The molecule has 0 atom stereocenters. The average molecular weight is 302 g/mol. The SMILES string of the molecule is CC(C)(O)c1cn(Cc2ccc(Br)s2)nn1. The largest absolute Gasteiger partial charge is 0.384 e. The van der Waals surface area contributed by atoms with Crippen LogP contribution in [0.3, 0.4) is 0 Å². The Kier molecular flexibility index (Phi) is 3.14. The molecule has 16 heavy (non-hydrogen) atoms. The molecule has 0 bridgehead atoms. The molecule has 2 rings (SSSR count). The van der Waals surface area contributed by atoms with Gasteiger partial charge in [-0.05, 0) is 41.9 Å². The average Bonchev–Trinajstić information content (AvgIpc) is 2.74. The lowest BCUT2D eigenvalue weighted by atomic mass is 10.1. The van der Waals surface area contributed by atoms with Crippen molar-refractivity contribution in [1.82, 2.24) is 15.0 Å². The Balaban J connectivity index is 2.14. The number of hydrogen-bond acceptors (Lipinski definition) is 4. The molecule has 1 N–H and O–H groups in total. The summed E-state index contributed by atoms with van der Waals surface area (Å²) in [6, 6.07) is 4.05. The van der Waals surface area contributed by atoms with Gasteiger partial charge in [0.25, 0.3) is 0 Å². The van der Waals surface area contributed by atoms with Gasteiger partial charge >= 0.3 is 0 Å². The fraction of sp³-hybridized carbons (Fsp3) is 0.400. The summed E-state index contributed by atoms with van der Waals surface area (Å²) in [5.74, 6) is 0. The first-order chi connectivity index (χ1) is 7.45. The highest BCUT2D eigenvalue weighted by molar-refractivity contribution is 9.11. The molecule has 0 aliphatic carbocycles. The van der Waals surface area contributed by atoms with Gasteiger partial charge in [0.05, 0.1) is 16.5 Å². The number of thiophene rings is 1. The van der Waals surface area contributed by atoms with Gasteiger partial charge in [-0.2, -0.15) is 0 Å². The second-order valence-corrected chi connectivity index (χ2v) is 6.61. The molecular weight excluding hydrogens is 290 g/mol. The lowest BCUT2D eigenvalue weighted by Gasteiger charge is -2.11. The third kappa shape index (κ3) is 2.69. The zero-order valence-corrected chi connectivity index (χ0v) is 11.4. The molecule has 0 amide bonds. The highest BCUT2D eigenvalue weighted by atomic mass is 79.9. The highest BCUT2D eigenvalue weighted by Crippen LogP contribution is 2.23. The van der Waals surface area contributed by atoms with Crippen molar-refractivity contribution in [3.8, 4) is 0 Å². The van der Waals surface area contributed by atoms with E-state index < -0.39 is 5.60 Å². The van der Waals surface area contributed by atoms with Crippen LogP contribution in [-0.4, -0.2) is 20.1 Å². The second kappa shape index (κ2) is 4.27. The highest BCUT2D eigenvalue weighted by Gasteiger charge is 2.20. The number of aliphatic hydroxyl groups is 1. The Labute approximate surface area is 106 Å². The molecule has 0 spiro atoms. The summed E-state index contributed by atoms with van der Waals surface area (Å²) in [7, 11) is 0. The van der Waals surface area contributed by atoms with Crippen LogP contribution in [0, 0.1) is 0 Å². The van der Waals surface area contributed by atoms with Crippen LogP contribution >= 0.6 is 27.3 Å². The Morgan fingerprint density at radius 2 is 2.25 bits per heavy atom. The minimum absolute atomic E-state index is 0.586. The third-order valence-electron chi connectivity index (χ3n) is 2.11. The molecule has 0 aliphatic rings. The van der Waals surface area contributed by atoms with E-state index in [4.69, 9.17) is 0 Å². The van der Waals surface area contributed by atoms with Crippen LogP contribution in [0.4, 0.5) is 0 Å². The van der Waals surface area contributed by atoms with E-state index in [9.17, 15) is 5.11 Å². The molecule has 0 aromatic carbocycles. The number of hydrogen-bond donors (Lipinski definition) is 1. The molecule has 4 nitrogen and oxygen atoms in total. The van der Waals surface area contributed by atoms with Gasteiger partial charge in [0.1, 0.15) is 11.3 Å². The van der Waals surface area contributed by atoms with E-state index in [2.05, 4.69) is 26.2 Å². The molecule has 2 aromatic rings. The monoisotopic (exact) mass is 301 g/mol. The molecule has 0 fully saturated rings. The van der Waals surface area contributed by atoms with E-state index in [1.807, 2.05) is 12.1 Å². The van der Waals surface area contributed by atoms with Crippen LogP contribution in [0.1, 0.15) is 24.4 Å². The third-order valence-corrected chi connectivity index (χ3v) is 3.72. The minimum Gasteiger partial charge on any atom is -0.384 e. The molecule has 0 saturated carbocycles. The quantitative estimate of drug-likeness (QED) is 0.947. The molecule has 0 saturated heterocycles. The van der Waals surface area contributed by atoms with Gasteiger partial charge in [0, 0.05) is 4.88 Å². The summed E-state index contributed by atoms with van der Waals surface area (Å²) in [6.07, 6.45) is 1.77. The Hall–Kier alpha value is -0.720. The molecule has 2 aromatic heterocycles. The van der Waals surface area contributed by atoms with E-state index in [0.29, 0.717) is 12.2 Å². The normalized spacial score (nSPS) is 12.0. The van der Waals surface area contributed by atoms with E-state index in [0.717, 1.165) is 3.79 Å². The lowest BCUT2D eigenvalue weighted by Crippen LogP contribution is -2.15. The van der Waals surface area contributed by atoms with Crippen molar-refractivity contribution >= 4 is 27.3 Å². The summed E-state index contributed by atoms with van der Waals surface area (Å²) in [6.45, 7) is 4.07. The van der Waals surface area contributed by atoms with E-state index >= 15 is 0 Å². The predicted molar refractivity (Wildman–Crippen MR) is 66.4 cm³/mol. The summed E-state index contributed by atoms with van der Waals surface area (Å²) in [5.41, 5.74) is -0.350. The van der Waals surface area contributed by atoms with E-state index in [1.165, 1.54) is 4.88 Å². The van der Waals surface area contributed by atoms with Crippen molar-refractivity contribution in [3.63, 3.8) is 0 Å². The minimum atomic E-state index is -0.936. The first-order valence-corrected chi connectivity index (χ1v) is 6.43.